The fourth-order valence-corrected chi connectivity index (χ4v) is 8.51. The van der Waals surface area contributed by atoms with Crippen molar-refractivity contribution in [1.82, 2.24) is 10.2 Å². The van der Waals surface area contributed by atoms with E-state index in [-0.39, 0.29) is 50.0 Å². The molecule has 0 saturated carbocycles. The number of anilines is 1. The average Bonchev–Trinajstić information content (AvgIpc) is 3.68. The van der Waals surface area contributed by atoms with Gasteiger partial charge >= 0.3 is 18.1 Å². The molecule has 298 valence electrons. The van der Waals surface area contributed by atoms with Crippen molar-refractivity contribution in [2.45, 2.75) is 29.6 Å². The molecule has 4 aromatic carbocycles. The molecule has 15 heteroatoms. The molecule has 2 saturated heterocycles. The number of methoxy groups -OCH3 is 1. The van der Waals surface area contributed by atoms with E-state index in [0.29, 0.717) is 22.3 Å². The number of benzene rings is 4. The first kappa shape index (κ1) is 39.5. The molecule has 15 nitrogen and oxygen atoms in total. The summed E-state index contributed by atoms with van der Waals surface area (Å²) in [4.78, 5) is 73.0. The average molecular weight is 788 g/mol. The largest absolute Gasteiger partial charge is 0.491 e. The normalized spacial score (nSPS) is 23.3. The first-order valence-electron chi connectivity index (χ1n) is 18.5. The van der Waals surface area contributed by atoms with E-state index in [1.54, 1.807) is 41.3 Å². The summed E-state index contributed by atoms with van der Waals surface area (Å²) in [5.74, 6) is 1.65. The summed E-state index contributed by atoms with van der Waals surface area (Å²) in [5.41, 5.74) is 11.8. The minimum Gasteiger partial charge on any atom is -0.491 e. The number of hydrogen-bond donors (Lipinski definition) is 4. The number of urea groups is 1. The van der Waals surface area contributed by atoms with Gasteiger partial charge in [0.2, 0.25) is 11.8 Å². The van der Waals surface area contributed by atoms with Crippen molar-refractivity contribution < 1.29 is 48.0 Å². The second-order valence-electron chi connectivity index (χ2n) is 13.8. The fourth-order valence-electron chi connectivity index (χ4n) is 8.51. The highest BCUT2D eigenvalue weighted by atomic mass is 16.6. The van der Waals surface area contributed by atoms with Crippen molar-refractivity contribution in [2.24, 2.45) is 17.4 Å². The lowest BCUT2D eigenvalue weighted by molar-refractivity contribution is -0.178. The van der Waals surface area contributed by atoms with E-state index in [1.165, 1.54) is 13.2 Å². The number of fused-ring (bicyclic) bond motifs is 3. The lowest BCUT2D eigenvalue weighted by atomic mass is 9.65. The number of esters is 1. The molecule has 0 aromatic heterocycles. The van der Waals surface area contributed by atoms with Gasteiger partial charge in [0.05, 0.1) is 43.4 Å². The number of carbonyl (C=O) groups is 5. The van der Waals surface area contributed by atoms with Gasteiger partial charge in [0.25, 0.3) is 0 Å². The van der Waals surface area contributed by atoms with Crippen molar-refractivity contribution in [3.8, 4) is 17.6 Å². The second-order valence-corrected chi connectivity index (χ2v) is 13.8. The summed E-state index contributed by atoms with van der Waals surface area (Å²) in [6.07, 6.45) is -2.00. The molecule has 4 aromatic rings. The number of nitrogens with two attached hydrogens (primary N) is 2. The Morgan fingerprint density at radius 3 is 2.24 bits per heavy atom. The molecule has 5 amide bonds. The predicted molar refractivity (Wildman–Crippen MR) is 208 cm³/mol. The minimum absolute atomic E-state index is 0.0308. The highest BCUT2D eigenvalue weighted by Gasteiger charge is 2.75. The molecule has 3 aliphatic rings. The van der Waals surface area contributed by atoms with Crippen LogP contribution in [0.25, 0.3) is 0 Å². The maximum atomic E-state index is 15.8. The third kappa shape index (κ3) is 6.87. The van der Waals surface area contributed by atoms with Crippen LogP contribution in [0.5, 0.6) is 5.75 Å². The Bertz CT molecular complexity index is 2280. The number of carbonyl (C=O) groups excluding carboxylic acids is 5. The van der Waals surface area contributed by atoms with Crippen LogP contribution in [-0.2, 0) is 34.0 Å². The number of imide groups is 1. The number of rotatable bonds is 11. The van der Waals surface area contributed by atoms with E-state index in [2.05, 4.69) is 17.2 Å². The summed E-state index contributed by atoms with van der Waals surface area (Å²) in [7, 11) is 1.43. The van der Waals surface area contributed by atoms with Gasteiger partial charge in [0, 0.05) is 18.2 Å². The third-order valence-electron chi connectivity index (χ3n) is 10.6. The number of nitrogens with one attached hydrogen (secondary N) is 1. The smallest absolute Gasteiger partial charge is 0.421 e. The van der Waals surface area contributed by atoms with Gasteiger partial charge in [-0.25, -0.2) is 14.5 Å². The van der Waals surface area contributed by atoms with Gasteiger partial charge < -0.3 is 40.8 Å². The van der Waals surface area contributed by atoms with E-state index in [4.69, 9.17) is 30.4 Å². The number of amides is 5. The highest BCUT2D eigenvalue weighted by molar-refractivity contribution is 6.23. The lowest BCUT2D eigenvalue weighted by Gasteiger charge is -2.46. The van der Waals surface area contributed by atoms with Crippen molar-refractivity contribution >= 4 is 35.6 Å². The van der Waals surface area contributed by atoms with E-state index < -0.39 is 65.5 Å². The molecule has 1 spiro atoms. The molecule has 0 aliphatic carbocycles. The molecule has 6 atom stereocenters. The van der Waals surface area contributed by atoms with Crippen LogP contribution >= 0.6 is 0 Å². The maximum Gasteiger partial charge on any atom is 0.421 e. The quantitative estimate of drug-likeness (QED) is 0.0986. The van der Waals surface area contributed by atoms with E-state index in [9.17, 15) is 24.3 Å². The number of aliphatic hydroxyl groups is 1. The van der Waals surface area contributed by atoms with E-state index in [0.717, 1.165) is 4.90 Å². The predicted octanol–water partition coefficient (Wildman–Crippen LogP) is 3.01. The molecule has 6 unspecified atom stereocenters. The van der Waals surface area contributed by atoms with Gasteiger partial charge in [-0.1, -0.05) is 90.7 Å². The Balaban J connectivity index is 1.57. The van der Waals surface area contributed by atoms with Crippen molar-refractivity contribution in [2.75, 3.05) is 45.0 Å². The van der Waals surface area contributed by atoms with Crippen LogP contribution in [0.3, 0.4) is 0 Å². The number of nitrogens with zero attached hydrogens (tertiary/aromatic N) is 2. The first-order chi connectivity index (χ1) is 28.1. The Labute approximate surface area is 333 Å². The highest BCUT2D eigenvalue weighted by Crippen LogP contribution is 2.66. The molecule has 58 heavy (non-hydrogen) atoms. The number of ether oxygens (including phenoxy) is 4. The zero-order valence-electron chi connectivity index (χ0n) is 31.4. The van der Waals surface area contributed by atoms with Gasteiger partial charge in [-0.3, -0.25) is 19.3 Å². The maximum absolute atomic E-state index is 15.8. The molecule has 6 N–H and O–H groups in total. The number of hydrogen-bond acceptors (Lipinski definition) is 11. The van der Waals surface area contributed by atoms with E-state index in [1.807, 2.05) is 60.7 Å². The van der Waals surface area contributed by atoms with Gasteiger partial charge in [-0.05, 0) is 41.0 Å². The van der Waals surface area contributed by atoms with Crippen LogP contribution in [0.4, 0.5) is 15.3 Å². The standard InChI is InChI=1S/C43H41N5O10/c1-55-23-24-57-42(54)47-31-19-18-26(11-10-20-46-41(45)53)25-30(31)43(40(47)52)33(38(44)50)35-39(51)58-36(28-14-6-3-7-15-28)34(27-12-4-2-5-13-27)48(35)37(43)29-16-8-9-17-32(29)56-22-21-49/h2-9,12-19,25,33-37,49H,20-24H2,1H3,(H2,44,50)(H3,45,46,53). The number of morpholine rings is 1. The van der Waals surface area contributed by atoms with Crippen LogP contribution < -0.4 is 26.4 Å². The van der Waals surface area contributed by atoms with Gasteiger partial charge in [-0.15, -0.1) is 0 Å². The Morgan fingerprint density at radius 1 is 0.879 bits per heavy atom. The molecule has 3 aliphatic heterocycles. The zero-order chi connectivity index (χ0) is 41.0. The molecule has 0 radical (unpaired) electrons. The Morgan fingerprint density at radius 2 is 1.57 bits per heavy atom. The monoisotopic (exact) mass is 787 g/mol. The number of aliphatic hydroxyl groups excluding tert-OH is 1. The van der Waals surface area contributed by atoms with Crippen LogP contribution in [-0.4, -0.2) is 86.0 Å². The first-order valence-corrected chi connectivity index (χ1v) is 18.5. The van der Waals surface area contributed by atoms with Crippen LogP contribution in [0, 0.1) is 17.8 Å². The fraction of sp³-hybridized carbons (Fsp3) is 0.279. The summed E-state index contributed by atoms with van der Waals surface area (Å²) in [5, 5.41) is 12.3. The summed E-state index contributed by atoms with van der Waals surface area (Å²) in [6, 6.07) is 25.4. The molecular formula is C43H41N5O10. The Hall–Kier alpha value is -6.73. The second kappa shape index (κ2) is 16.8. The van der Waals surface area contributed by atoms with Crippen LogP contribution in [0.2, 0.25) is 0 Å². The summed E-state index contributed by atoms with van der Waals surface area (Å²) in [6.45, 7) is -0.738. The van der Waals surface area contributed by atoms with E-state index >= 15 is 4.79 Å². The van der Waals surface area contributed by atoms with Crippen molar-refractivity contribution in [1.29, 1.82) is 0 Å². The molecule has 3 heterocycles. The Kier molecular flexibility index (Phi) is 11.4. The number of primary amides is 2. The van der Waals surface area contributed by atoms with Gasteiger partial charge in [-0.2, -0.15) is 0 Å². The zero-order valence-corrected chi connectivity index (χ0v) is 31.4. The van der Waals surface area contributed by atoms with Crippen molar-refractivity contribution in [3.63, 3.8) is 0 Å². The molecule has 7 rings (SSSR count). The van der Waals surface area contributed by atoms with Crippen LogP contribution in [0.1, 0.15) is 46.0 Å². The molecule has 2 fully saturated rings. The SMILES string of the molecule is COCCOC(=O)N1C(=O)C2(c3cc(C#CCNC(N)=O)ccc31)C(C(N)=O)C1C(=O)OC(c3ccccc3)C(c3ccccc3)N1C2c1ccccc1OCCO. The third-order valence-corrected chi connectivity index (χ3v) is 10.6. The number of para-hydroxylation sites is 1. The summed E-state index contributed by atoms with van der Waals surface area (Å²) >= 11 is 0. The topological polar surface area (TPSA) is 213 Å². The van der Waals surface area contributed by atoms with Gasteiger partial charge in [0.15, 0.2) is 0 Å². The molecule has 0 bridgehead atoms. The molecular weight excluding hydrogens is 746 g/mol. The minimum atomic E-state index is -2.13. The number of cyclic esters (lactones) is 1. The lowest BCUT2D eigenvalue weighted by Crippen LogP contribution is -2.55. The van der Waals surface area contributed by atoms with Gasteiger partial charge in [0.1, 0.15) is 36.5 Å². The van der Waals surface area contributed by atoms with Crippen molar-refractivity contribution in [3.05, 3.63) is 131 Å². The summed E-state index contributed by atoms with van der Waals surface area (Å²) < 4.78 is 23.1. The van der Waals surface area contributed by atoms with Crippen LogP contribution in [0.15, 0.2) is 103 Å².